The van der Waals surface area contributed by atoms with E-state index < -0.39 is 6.04 Å². The minimum atomic E-state index is -1.00. The molecule has 1 unspecified atom stereocenters. The van der Waals surface area contributed by atoms with Gasteiger partial charge in [-0.25, -0.2) is 4.68 Å². The molecule has 0 radical (unpaired) electrons. The summed E-state index contributed by atoms with van der Waals surface area (Å²) in [6.07, 6.45) is 0. The van der Waals surface area contributed by atoms with Crippen molar-refractivity contribution in [3.8, 4) is 5.75 Å². The number of anilines is 1. The highest BCUT2D eigenvalue weighted by Crippen LogP contribution is 2.35. The summed E-state index contributed by atoms with van der Waals surface area (Å²) in [4.78, 5) is 30.0. The average Bonchev–Trinajstić information content (AvgIpc) is 3.39. The predicted octanol–water partition coefficient (Wildman–Crippen LogP) is 5.23. The Morgan fingerprint density at radius 2 is 1.60 bits per heavy atom. The van der Waals surface area contributed by atoms with Gasteiger partial charge >= 0.3 is 0 Å². The number of hydrogen-bond acceptors (Lipinski definition) is 5. The van der Waals surface area contributed by atoms with Crippen molar-refractivity contribution in [2.24, 2.45) is 0 Å². The molecule has 1 aromatic heterocycles. The number of carbonyl (C=O) groups excluding carboxylic acids is 2. The van der Waals surface area contributed by atoms with Crippen molar-refractivity contribution in [3.63, 3.8) is 0 Å². The molecular weight excluding hydrogens is 502 g/mol. The number of nitrogens with one attached hydrogen (secondary N) is 1. The van der Waals surface area contributed by atoms with Gasteiger partial charge in [0.1, 0.15) is 23.9 Å². The lowest BCUT2D eigenvalue weighted by Crippen LogP contribution is -2.45. The second-order valence-corrected chi connectivity index (χ2v) is 9.36. The van der Waals surface area contributed by atoms with E-state index in [0.717, 1.165) is 16.6 Å². The average molecular weight is 534 g/mol. The first kappa shape index (κ1) is 26.6. The van der Waals surface area contributed by atoms with Crippen LogP contribution in [-0.4, -0.2) is 33.4 Å². The molecule has 4 aromatic carbocycles. The molecule has 0 spiro atoms. The maximum atomic E-state index is 14.3. The van der Waals surface area contributed by atoms with Gasteiger partial charge in [-0.05, 0) is 49.2 Å². The Labute approximate surface area is 233 Å². The van der Waals surface area contributed by atoms with Crippen LogP contribution in [-0.2, 0) is 22.7 Å². The van der Waals surface area contributed by atoms with Gasteiger partial charge in [0, 0.05) is 17.8 Å². The third-order valence-corrected chi connectivity index (χ3v) is 6.68. The van der Waals surface area contributed by atoms with Crippen LogP contribution in [0.5, 0.6) is 5.75 Å². The molecule has 0 aliphatic heterocycles. The van der Waals surface area contributed by atoms with Gasteiger partial charge in [-0.2, -0.15) is 0 Å². The van der Waals surface area contributed by atoms with Gasteiger partial charge < -0.3 is 10.1 Å². The Bertz CT molecular complexity index is 1620. The lowest BCUT2D eigenvalue weighted by atomic mass is 10.0. The fourth-order valence-electron chi connectivity index (χ4n) is 4.76. The summed E-state index contributed by atoms with van der Waals surface area (Å²) in [5.41, 5.74) is 4.46. The molecule has 0 saturated heterocycles. The molecule has 0 fully saturated rings. The summed E-state index contributed by atoms with van der Waals surface area (Å²) in [5, 5.41) is 11.5. The number of aryl methyl sites for hydroxylation is 1. The summed E-state index contributed by atoms with van der Waals surface area (Å²) < 4.78 is 7.51. The van der Waals surface area contributed by atoms with E-state index in [2.05, 4.69) is 15.6 Å². The zero-order valence-corrected chi connectivity index (χ0v) is 22.5. The highest BCUT2D eigenvalue weighted by atomic mass is 16.5. The summed E-state index contributed by atoms with van der Waals surface area (Å²) in [7, 11) is 0. The third kappa shape index (κ3) is 5.71. The smallest absolute Gasteiger partial charge is 0.249 e. The number of fused-ring (bicyclic) bond motifs is 1. The monoisotopic (exact) mass is 533 g/mol. The molecule has 1 atom stereocenters. The van der Waals surface area contributed by atoms with E-state index in [1.54, 1.807) is 9.58 Å². The van der Waals surface area contributed by atoms with E-state index in [9.17, 15) is 9.59 Å². The van der Waals surface area contributed by atoms with E-state index in [1.165, 1.54) is 0 Å². The molecule has 8 heteroatoms. The first-order chi connectivity index (χ1) is 19.6. The van der Waals surface area contributed by atoms with Crippen LogP contribution in [0.4, 0.5) is 5.69 Å². The van der Waals surface area contributed by atoms with Crippen LogP contribution in [0.1, 0.15) is 29.7 Å². The summed E-state index contributed by atoms with van der Waals surface area (Å²) in [6, 6.07) is 31.1. The third-order valence-electron chi connectivity index (χ3n) is 6.68. The Kier molecular flexibility index (Phi) is 8.15. The Balaban J connectivity index is 1.60. The number of hydrogen-bond donors (Lipinski definition) is 1. The highest BCUT2D eigenvalue weighted by Gasteiger charge is 2.35. The molecule has 5 aromatic rings. The second-order valence-electron chi connectivity index (χ2n) is 9.36. The van der Waals surface area contributed by atoms with Crippen LogP contribution in [0.2, 0.25) is 0 Å². The van der Waals surface area contributed by atoms with E-state index in [-0.39, 0.29) is 18.4 Å². The van der Waals surface area contributed by atoms with E-state index in [0.29, 0.717) is 35.7 Å². The SMILES string of the molecule is CCOc1ccccc1C(C(=O)NCc1ccccc1)N(C(=O)Cn1nnc2ccccc21)c1ccccc1C. The predicted molar refractivity (Wildman–Crippen MR) is 155 cm³/mol. The van der Waals surface area contributed by atoms with Crippen molar-refractivity contribution in [2.45, 2.75) is 33.0 Å². The zero-order chi connectivity index (χ0) is 27.9. The number of aromatic nitrogens is 3. The molecule has 1 heterocycles. The van der Waals surface area contributed by atoms with Crippen molar-refractivity contribution in [3.05, 3.63) is 120 Å². The normalized spacial score (nSPS) is 11.7. The largest absolute Gasteiger partial charge is 0.493 e. The van der Waals surface area contributed by atoms with Crippen LogP contribution in [0.25, 0.3) is 11.0 Å². The van der Waals surface area contributed by atoms with E-state index in [4.69, 9.17) is 4.74 Å². The molecule has 1 N–H and O–H groups in total. The van der Waals surface area contributed by atoms with E-state index in [1.807, 2.05) is 117 Å². The molecule has 0 saturated carbocycles. The molecule has 0 aliphatic rings. The number of para-hydroxylation sites is 3. The molecule has 2 amide bonds. The lowest BCUT2D eigenvalue weighted by molar-refractivity contribution is -0.127. The van der Waals surface area contributed by atoms with E-state index >= 15 is 0 Å². The maximum absolute atomic E-state index is 14.3. The number of carbonyl (C=O) groups is 2. The molecular formula is C32H31N5O3. The van der Waals surface area contributed by atoms with Crippen LogP contribution >= 0.6 is 0 Å². The molecule has 5 rings (SSSR count). The van der Waals surface area contributed by atoms with Crippen LogP contribution in [0.3, 0.4) is 0 Å². The molecule has 202 valence electrons. The standard InChI is InChI=1S/C32H31N5O3/c1-3-40-29-20-12-8-16-25(29)31(32(39)33-21-24-14-5-4-6-15-24)37(27-18-10-7-13-23(27)2)30(38)22-36-28-19-11-9-17-26(28)34-35-36/h4-20,31H,3,21-22H2,1-2H3,(H,33,39). The van der Waals surface area contributed by atoms with Crippen LogP contribution in [0, 0.1) is 6.92 Å². The molecule has 0 aliphatic carbocycles. The Morgan fingerprint density at radius 1 is 0.900 bits per heavy atom. The van der Waals surface area contributed by atoms with Crippen molar-refractivity contribution in [1.82, 2.24) is 20.3 Å². The van der Waals surface area contributed by atoms with Gasteiger partial charge in [0.05, 0.1) is 12.1 Å². The van der Waals surface area contributed by atoms with Gasteiger partial charge in [-0.15, -0.1) is 5.10 Å². The van der Waals surface area contributed by atoms with Crippen molar-refractivity contribution >= 4 is 28.5 Å². The highest BCUT2D eigenvalue weighted by molar-refractivity contribution is 6.02. The molecule has 0 bridgehead atoms. The molecule has 40 heavy (non-hydrogen) atoms. The Morgan fingerprint density at radius 3 is 2.40 bits per heavy atom. The van der Waals surface area contributed by atoms with Gasteiger partial charge in [-0.1, -0.05) is 84.1 Å². The minimum Gasteiger partial charge on any atom is -0.493 e. The van der Waals surface area contributed by atoms with Gasteiger partial charge in [0.25, 0.3) is 0 Å². The second kappa shape index (κ2) is 12.3. The van der Waals surface area contributed by atoms with Gasteiger partial charge in [-0.3, -0.25) is 14.5 Å². The number of ether oxygens (including phenoxy) is 1. The van der Waals surface area contributed by atoms with Gasteiger partial charge in [0.15, 0.2) is 0 Å². The first-order valence-electron chi connectivity index (χ1n) is 13.3. The lowest BCUT2D eigenvalue weighted by Gasteiger charge is -2.33. The van der Waals surface area contributed by atoms with Crippen LogP contribution in [0.15, 0.2) is 103 Å². The summed E-state index contributed by atoms with van der Waals surface area (Å²) >= 11 is 0. The van der Waals surface area contributed by atoms with Crippen LogP contribution < -0.4 is 15.0 Å². The number of rotatable bonds is 10. The van der Waals surface area contributed by atoms with Crippen molar-refractivity contribution in [1.29, 1.82) is 0 Å². The topological polar surface area (TPSA) is 89.4 Å². The van der Waals surface area contributed by atoms with Gasteiger partial charge in [0.2, 0.25) is 11.8 Å². The fourth-order valence-corrected chi connectivity index (χ4v) is 4.76. The summed E-state index contributed by atoms with van der Waals surface area (Å²) in [6.45, 7) is 4.44. The number of nitrogens with zero attached hydrogens (tertiary/aromatic N) is 4. The number of benzene rings is 4. The maximum Gasteiger partial charge on any atom is 0.249 e. The quantitative estimate of drug-likeness (QED) is 0.266. The van der Waals surface area contributed by atoms with Crippen molar-refractivity contribution in [2.75, 3.05) is 11.5 Å². The zero-order valence-electron chi connectivity index (χ0n) is 22.5. The Hall–Kier alpha value is -4.98. The van der Waals surface area contributed by atoms with Crippen molar-refractivity contribution < 1.29 is 14.3 Å². The fraction of sp³-hybridized carbons (Fsp3) is 0.188. The first-order valence-corrected chi connectivity index (χ1v) is 13.3. The summed E-state index contributed by atoms with van der Waals surface area (Å²) in [5.74, 6) is -0.0883. The molecule has 8 nitrogen and oxygen atoms in total. The minimum absolute atomic E-state index is 0.103. The number of amides is 2.